The van der Waals surface area contributed by atoms with E-state index in [4.69, 9.17) is 9.97 Å². The number of aromatic amines is 2. The van der Waals surface area contributed by atoms with Crippen molar-refractivity contribution >= 4 is 62.2 Å². The number of aromatic nitrogens is 4. The number of carbonyl (C=O) groups excluding carboxylic acids is 2. The molecule has 0 radical (unpaired) electrons. The molecule has 298 valence electrons. The number of hydrogen-bond acceptors (Lipinski definition) is 6. The minimum absolute atomic E-state index is 0.0389. The van der Waals surface area contributed by atoms with Crippen molar-refractivity contribution < 1.29 is 9.59 Å². The molecule has 5 rings (SSSR count). The second kappa shape index (κ2) is 19.2. The number of H-pyrrole nitrogens is 2. The van der Waals surface area contributed by atoms with Gasteiger partial charge >= 0.3 is 0 Å². The predicted octanol–water partition coefficient (Wildman–Crippen LogP) is 8.25. The number of carbonyl (C=O) groups is 2. The summed E-state index contributed by atoms with van der Waals surface area (Å²) in [6.45, 7) is 20.0. The highest BCUT2D eigenvalue weighted by molar-refractivity contribution is 5.98. The van der Waals surface area contributed by atoms with Crippen molar-refractivity contribution in [2.75, 3.05) is 54.4 Å². The minimum Gasteiger partial charge on any atom is -0.356 e. The predicted molar refractivity (Wildman–Crippen MR) is 235 cm³/mol. The van der Waals surface area contributed by atoms with Crippen LogP contribution in [0.25, 0.3) is 50.4 Å². The van der Waals surface area contributed by atoms with Crippen LogP contribution in [0.3, 0.4) is 0 Å². The highest BCUT2D eigenvalue weighted by Gasteiger charge is 2.21. The third-order valence-corrected chi connectivity index (χ3v) is 11.0. The fraction of sp³-hybridized carbons (Fsp3) is 0.435. The van der Waals surface area contributed by atoms with Crippen LogP contribution in [0.5, 0.6) is 0 Å². The third kappa shape index (κ3) is 10.2. The summed E-state index contributed by atoms with van der Waals surface area (Å²) in [4.78, 5) is 48.2. The van der Waals surface area contributed by atoms with E-state index in [1.165, 1.54) is 0 Å². The molecule has 3 aromatic heterocycles. The molecule has 10 heteroatoms. The van der Waals surface area contributed by atoms with E-state index in [1.54, 1.807) is 0 Å². The number of nitrogens with one attached hydrogen (secondary N) is 4. The molecule has 8 bridgehead atoms. The Kier molecular flexibility index (Phi) is 14.4. The van der Waals surface area contributed by atoms with Crippen LogP contribution in [0.4, 0.5) is 0 Å². The van der Waals surface area contributed by atoms with E-state index in [0.29, 0.717) is 38.8 Å². The molecule has 0 fully saturated rings. The molecule has 0 saturated carbocycles. The van der Waals surface area contributed by atoms with Crippen LogP contribution in [-0.4, -0.2) is 95.9 Å². The summed E-state index contributed by atoms with van der Waals surface area (Å²) in [6, 6.07) is 8.37. The van der Waals surface area contributed by atoms with Crippen LogP contribution in [0, 0.1) is 13.8 Å². The Morgan fingerprint density at radius 1 is 0.643 bits per heavy atom. The smallest absolute Gasteiger partial charge is 0.220 e. The molecular formula is C46H62N8O2. The standard InChI is InChI=1S/C46H62N8O2/c1-11-33-29(3)37-25-38-31(5)35(17-19-45(55)47-21-13-15-23-53(7)8)43(51-38)28-44-36(18-20-46(56)48-22-14-16-24-54(9)10)32(6)40(52-44)27-42-34(12-2)30(4)39(50-42)26-41(33)49-37/h11-12,25-28,49,52H,1-2,13-24H2,3-10H3,(H,47,55)(H,48,56). The highest BCUT2D eigenvalue weighted by atomic mass is 16.2. The quantitative estimate of drug-likeness (QED) is 0.0970. The Morgan fingerprint density at radius 3 is 1.77 bits per heavy atom. The minimum atomic E-state index is 0.0389. The van der Waals surface area contributed by atoms with Gasteiger partial charge in [-0.2, -0.15) is 0 Å². The Balaban J connectivity index is 1.61. The van der Waals surface area contributed by atoms with Crippen LogP contribution < -0.4 is 10.6 Å². The second-order valence-electron chi connectivity index (χ2n) is 15.7. The molecule has 0 unspecified atom stereocenters. The largest absolute Gasteiger partial charge is 0.356 e. The maximum Gasteiger partial charge on any atom is 0.220 e. The first-order valence-corrected chi connectivity index (χ1v) is 20.0. The topological polar surface area (TPSA) is 122 Å². The van der Waals surface area contributed by atoms with Gasteiger partial charge in [-0.15, -0.1) is 0 Å². The molecule has 0 aromatic carbocycles. The zero-order valence-corrected chi connectivity index (χ0v) is 35.0. The molecule has 5 heterocycles. The maximum atomic E-state index is 13.1. The van der Waals surface area contributed by atoms with Gasteiger partial charge < -0.3 is 30.4 Å². The molecule has 3 aromatic rings. The van der Waals surface area contributed by atoms with Gasteiger partial charge in [0, 0.05) is 59.1 Å². The van der Waals surface area contributed by atoms with Crippen LogP contribution in [0.1, 0.15) is 104 Å². The van der Waals surface area contributed by atoms with Crippen molar-refractivity contribution in [1.82, 2.24) is 40.4 Å². The molecule has 2 aliphatic rings. The van der Waals surface area contributed by atoms with Crippen LogP contribution in [0.2, 0.25) is 0 Å². The van der Waals surface area contributed by atoms with Gasteiger partial charge in [-0.05, 0) is 165 Å². The third-order valence-electron chi connectivity index (χ3n) is 11.0. The van der Waals surface area contributed by atoms with E-state index >= 15 is 0 Å². The SMILES string of the molecule is C=CC1=C(C)c2cc3[nH]c(cc4nc(cc5[nH]c(cc1n2)c(C)c5CCC(=O)NCCCCN(C)C)C(CCC(=O)NCCCCN(C)C)=C4C)c(C)c3C=C. The number of nitrogens with zero attached hydrogens (tertiary/aromatic N) is 4. The van der Waals surface area contributed by atoms with Gasteiger partial charge in [0.05, 0.1) is 22.8 Å². The lowest BCUT2D eigenvalue weighted by Gasteiger charge is -2.10. The van der Waals surface area contributed by atoms with E-state index in [0.717, 1.165) is 128 Å². The normalized spacial score (nSPS) is 12.9. The first-order chi connectivity index (χ1) is 26.8. The Morgan fingerprint density at radius 2 is 1.16 bits per heavy atom. The fourth-order valence-electron chi connectivity index (χ4n) is 7.52. The van der Waals surface area contributed by atoms with Gasteiger partial charge in [0.25, 0.3) is 0 Å². The summed E-state index contributed by atoms with van der Waals surface area (Å²) in [5.41, 5.74) is 15.3. The van der Waals surface area contributed by atoms with Crippen molar-refractivity contribution in [2.45, 2.75) is 79.1 Å². The summed E-state index contributed by atoms with van der Waals surface area (Å²) in [5, 5.41) is 6.24. The summed E-state index contributed by atoms with van der Waals surface area (Å²) < 4.78 is 0. The van der Waals surface area contributed by atoms with Gasteiger partial charge in [-0.1, -0.05) is 25.3 Å². The summed E-state index contributed by atoms with van der Waals surface area (Å²) >= 11 is 0. The molecule has 4 N–H and O–H groups in total. The van der Waals surface area contributed by atoms with Crippen molar-refractivity contribution in [1.29, 1.82) is 0 Å². The number of allylic oxidation sites excluding steroid dienone is 5. The molecule has 2 aliphatic heterocycles. The van der Waals surface area contributed by atoms with Crippen molar-refractivity contribution in [2.24, 2.45) is 0 Å². The van der Waals surface area contributed by atoms with Crippen LogP contribution in [0.15, 0.2) is 43.5 Å². The lowest BCUT2D eigenvalue weighted by molar-refractivity contribution is -0.121. The molecule has 56 heavy (non-hydrogen) atoms. The van der Waals surface area contributed by atoms with Gasteiger partial charge in [-0.25, -0.2) is 9.97 Å². The molecule has 0 spiro atoms. The molecule has 0 aliphatic carbocycles. The fourth-order valence-corrected chi connectivity index (χ4v) is 7.52. The Bertz CT molecular complexity index is 2200. The first-order valence-electron chi connectivity index (χ1n) is 20.0. The zero-order valence-electron chi connectivity index (χ0n) is 35.0. The highest BCUT2D eigenvalue weighted by Crippen LogP contribution is 2.36. The van der Waals surface area contributed by atoms with E-state index in [-0.39, 0.29) is 11.8 Å². The van der Waals surface area contributed by atoms with Gasteiger partial charge in [0.1, 0.15) is 0 Å². The summed E-state index contributed by atoms with van der Waals surface area (Å²) in [6.07, 6.45) is 9.55. The number of unbranched alkanes of at least 4 members (excludes halogenated alkanes) is 2. The number of fused-ring (bicyclic) bond motifs is 8. The number of rotatable bonds is 18. The average molecular weight is 759 g/mol. The molecule has 0 atom stereocenters. The molecular weight excluding hydrogens is 697 g/mol. The second-order valence-corrected chi connectivity index (χ2v) is 15.7. The van der Waals surface area contributed by atoms with E-state index < -0.39 is 0 Å². The van der Waals surface area contributed by atoms with Crippen LogP contribution in [-0.2, 0) is 16.0 Å². The van der Waals surface area contributed by atoms with Gasteiger partial charge in [0.2, 0.25) is 11.8 Å². The number of amides is 2. The maximum absolute atomic E-state index is 13.1. The van der Waals surface area contributed by atoms with Gasteiger partial charge in [0.15, 0.2) is 0 Å². The van der Waals surface area contributed by atoms with Crippen molar-refractivity contribution in [3.05, 3.63) is 88.5 Å². The van der Waals surface area contributed by atoms with E-state index in [9.17, 15) is 9.59 Å². The van der Waals surface area contributed by atoms with Crippen molar-refractivity contribution in [3.63, 3.8) is 0 Å². The monoisotopic (exact) mass is 758 g/mol. The summed E-state index contributed by atoms with van der Waals surface area (Å²) in [7, 11) is 8.26. The molecule has 10 nitrogen and oxygen atoms in total. The van der Waals surface area contributed by atoms with Crippen LogP contribution >= 0.6 is 0 Å². The van der Waals surface area contributed by atoms with E-state index in [1.807, 2.05) is 12.2 Å². The molecule has 0 saturated heterocycles. The average Bonchev–Trinajstić information content (AvgIpc) is 3.81. The van der Waals surface area contributed by atoms with E-state index in [2.05, 4.69) is 124 Å². The lowest BCUT2D eigenvalue weighted by Crippen LogP contribution is -2.25. The lowest BCUT2D eigenvalue weighted by atomic mass is 10.00. The first kappa shape index (κ1) is 42.1. The molecule has 2 amide bonds. The summed E-state index contributed by atoms with van der Waals surface area (Å²) in [5.74, 6) is 0.0804. The number of aryl methyl sites for hydroxylation is 3. The Hall–Kier alpha value is -5.06. The Labute approximate surface area is 333 Å². The zero-order chi connectivity index (χ0) is 40.5. The van der Waals surface area contributed by atoms with Gasteiger partial charge in [-0.3, -0.25) is 9.59 Å². The number of hydrogen-bond donors (Lipinski definition) is 4. The van der Waals surface area contributed by atoms with Crippen molar-refractivity contribution in [3.8, 4) is 0 Å².